The molecule has 0 bridgehead atoms. The first-order valence-corrected chi connectivity index (χ1v) is 8.95. The largest absolute Gasteiger partial charge is 0.389 e. The van der Waals surface area contributed by atoms with E-state index in [1.165, 1.54) is 0 Å². The van der Waals surface area contributed by atoms with E-state index in [0.717, 1.165) is 4.47 Å². The Hall–Kier alpha value is -0.660. The third-order valence-electron chi connectivity index (χ3n) is 2.63. The maximum atomic E-state index is 12.1. The number of nitrogens with one attached hydrogen (secondary N) is 1. The zero-order chi connectivity index (χ0) is 15.6. The van der Waals surface area contributed by atoms with Crippen molar-refractivity contribution in [3.05, 3.63) is 28.2 Å². The summed E-state index contributed by atoms with van der Waals surface area (Å²) in [4.78, 5) is 0.153. The van der Waals surface area contributed by atoms with Gasteiger partial charge < -0.3 is 5.73 Å². The Bertz CT molecular complexity index is 607. The molecule has 0 saturated carbocycles. The number of hydrogen-bond acceptors (Lipinski definition) is 3. The number of nitrogens with two attached hydrogens (primary N) is 1. The fourth-order valence-electron chi connectivity index (χ4n) is 1.47. The van der Waals surface area contributed by atoms with E-state index in [-0.39, 0.29) is 16.2 Å². The van der Waals surface area contributed by atoms with E-state index in [2.05, 4.69) is 20.7 Å². The number of halogens is 1. The van der Waals surface area contributed by atoms with Crippen LogP contribution in [0, 0.1) is 5.41 Å². The van der Waals surface area contributed by atoms with Gasteiger partial charge in [-0.05, 0) is 30.0 Å². The zero-order valence-corrected chi connectivity index (χ0v) is 15.0. The first-order valence-electron chi connectivity index (χ1n) is 6.10. The predicted molar refractivity (Wildman–Crippen MR) is 91.5 cm³/mol. The van der Waals surface area contributed by atoms with Crippen LogP contribution in [0.3, 0.4) is 0 Å². The number of benzene rings is 1. The van der Waals surface area contributed by atoms with E-state index in [1.54, 1.807) is 18.2 Å². The van der Waals surface area contributed by atoms with Gasteiger partial charge in [0.2, 0.25) is 10.0 Å². The molecule has 0 heterocycles. The Morgan fingerprint density at radius 2 is 2.00 bits per heavy atom. The fraction of sp³-hybridized carbons (Fsp3) is 0.462. The summed E-state index contributed by atoms with van der Waals surface area (Å²) >= 11 is 8.25. The smallest absolute Gasteiger partial charge is 0.232 e. The first kappa shape index (κ1) is 17.4. The summed E-state index contributed by atoms with van der Waals surface area (Å²) < 4.78 is 27.5. The Balaban J connectivity index is 2.95. The van der Waals surface area contributed by atoms with Crippen molar-refractivity contribution >= 4 is 48.8 Å². The average Bonchev–Trinajstić information content (AvgIpc) is 2.28. The summed E-state index contributed by atoms with van der Waals surface area (Å²) in [6.07, 6.45) is 0.571. The molecule has 0 unspecified atom stereocenters. The van der Waals surface area contributed by atoms with E-state index in [1.807, 2.05) is 20.8 Å². The average molecular weight is 379 g/mol. The van der Waals surface area contributed by atoms with Crippen molar-refractivity contribution in [2.24, 2.45) is 11.1 Å². The summed E-state index contributed by atoms with van der Waals surface area (Å²) in [5, 5.41) is 0. The number of rotatable bonds is 5. The van der Waals surface area contributed by atoms with Crippen LogP contribution in [0.5, 0.6) is 0 Å². The highest BCUT2D eigenvalue weighted by Gasteiger charge is 2.19. The second kappa shape index (κ2) is 6.41. The van der Waals surface area contributed by atoms with E-state index in [4.69, 9.17) is 18.0 Å². The molecule has 0 aliphatic carbocycles. The third kappa shape index (κ3) is 5.76. The van der Waals surface area contributed by atoms with Crippen molar-refractivity contribution in [2.45, 2.75) is 27.2 Å². The van der Waals surface area contributed by atoms with Crippen LogP contribution in [0.2, 0.25) is 0 Å². The fourth-order valence-corrected chi connectivity index (χ4v) is 3.49. The minimum atomic E-state index is -3.42. The lowest BCUT2D eigenvalue weighted by Gasteiger charge is -2.19. The maximum Gasteiger partial charge on any atom is 0.232 e. The zero-order valence-electron chi connectivity index (χ0n) is 11.7. The lowest BCUT2D eigenvalue weighted by atomic mass is 9.94. The predicted octanol–water partition coefficient (Wildman–Crippen LogP) is 3.26. The summed E-state index contributed by atoms with van der Waals surface area (Å²) in [6.45, 7) is 6.01. The molecule has 4 nitrogen and oxygen atoms in total. The van der Waals surface area contributed by atoms with Gasteiger partial charge in [-0.1, -0.05) is 48.9 Å². The molecule has 1 aromatic rings. The summed E-state index contributed by atoms with van der Waals surface area (Å²) in [6, 6.07) is 5.08. The van der Waals surface area contributed by atoms with Crippen LogP contribution in [-0.2, 0) is 10.0 Å². The third-order valence-corrected chi connectivity index (χ3v) is 4.62. The maximum absolute atomic E-state index is 12.1. The topological polar surface area (TPSA) is 72.2 Å². The monoisotopic (exact) mass is 378 g/mol. The lowest BCUT2D eigenvalue weighted by Crippen LogP contribution is -2.23. The number of thiocarbonyl (C=S) groups is 1. The quantitative estimate of drug-likeness (QED) is 0.771. The van der Waals surface area contributed by atoms with Gasteiger partial charge in [0.15, 0.2) is 0 Å². The normalized spacial score (nSPS) is 12.2. The van der Waals surface area contributed by atoms with E-state index in [9.17, 15) is 8.42 Å². The Labute approximate surface area is 134 Å². The molecular weight excluding hydrogens is 360 g/mol. The first-order chi connectivity index (χ1) is 9.00. The molecule has 0 atom stereocenters. The van der Waals surface area contributed by atoms with Crippen molar-refractivity contribution in [1.29, 1.82) is 0 Å². The van der Waals surface area contributed by atoms with Crippen LogP contribution in [0.25, 0.3) is 0 Å². The van der Waals surface area contributed by atoms with Gasteiger partial charge >= 0.3 is 0 Å². The van der Waals surface area contributed by atoms with Crippen LogP contribution < -0.4 is 10.5 Å². The molecule has 3 N–H and O–H groups in total. The second-order valence-electron chi connectivity index (χ2n) is 5.79. The number of sulfonamides is 1. The molecular formula is C13H19BrN2O2S2. The van der Waals surface area contributed by atoms with Crippen molar-refractivity contribution in [3.63, 3.8) is 0 Å². The van der Waals surface area contributed by atoms with Gasteiger partial charge in [-0.3, -0.25) is 4.72 Å². The summed E-state index contributed by atoms with van der Waals surface area (Å²) in [7, 11) is -3.42. The molecule has 1 aromatic carbocycles. The highest BCUT2D eigenvalue weighted by molar-refractivity contribution is 9.10. The highest BCUT2D eigenvalue weighted by atomic mass is 79.9. The molecule has 112 valence electrons. The molecule has 0 aliphatic heterocycles. The Morgan fingerprint density at radius 3 is 2.50 bits per heavy atom. The van der Waals surface area contributed by atoms with Crippen LogP contribution >= 0.6 is 28.1 Å². The molecule has 0 spiro atoms. The van der Waals surface area contributed by atoms with E-state index < -0.39 is 10.0 Å². The molecule has 0 aliphatic rings. The molecule has 0 radical (unpaired) electrons. The number of anilines is 1. The minimum absolute atomic E-state index is 0.0412. The van der Waals surface area contributed by atoms with Crippen molar-refractivity contribution < 1.29 is 8.42 Å². The Kier molecular flexibility index (Phi) is 5.57. The van der Waals surface area contributed by atoms with Gasteiger partial charge in [0, 0.05) is 10.0 Å². The molecule has 0 amide bonds. The molecule has 0 fully saturated rings. The molecule has 7 heteroatoms. The van der Waals surface area contributed by atoms with Crippen LogP contribution in [0.1, 0.15) is 32.8 Å². The minimum Gasteiger partial charge on any atom is -0.389 e. The van der Waals surface area contributed by atoms with Gasteiger partial charge in [0.25, 0.3) is 0 Å². The summed E-state index contributed by atoms with van der Waals surface area (Å²) in [5.74, 6) is 0.0589. The lowest BCUT2D eigenvalue weighted by molar-refractivity contribution is 0.397. The Morgan fingerprint density at radius 1 is 1.40 bits per heavy atom. The van der Waals surface area contributed by atoms with Gasteiger partial charge in [-0.15, -0.1) is 0 Å². The second-order valence-corrected chi connectivity index (χ2v) is 8.98. The van der Waals surface area contributed by atoms with Crippen LogP contribution in [0.15, 0.2) is 22.7 Å². The van der Waals surface area contributed by atoms with Crippen molar-refractivity contribution in [3.8, 4) is 0 Å². The van der Waals surface area contributed by atoms with Crippen molar-refractivity contribution in [1.82, 2.24) is 0 Å². The van der Waals surface area contributed by atoms with E-state index in [0.29, 0.717) is 17.7 Å². The van der Waals surface area contributed by atoms with Crippen LogP contribution in [0.4, 0.5) is 5.69 Å². The standard InChI is InChI=1S/C13H19BrN2O2S2/c1-13(2,3)6-7-20(17,18)16-11-5-4-9(14)8-10(11)12(15)19/h4-5,8,16H,6-7H2,1-3H3,(H2,15,19). The van der Waals surface area contributed by atoms with Crippen molar-refractivity contribution in [2.75, 3.05) is 10.5 Å². The van der Waals surface area contributed by atoms with Crippen LogP contribution in [-0.4, -0.2) is 19.2 Å². The molecule has 0 aromatic heterocycles. The molecule has 0 saturated heterocycles. The van der Waals surface area contributed by atoms with Gasteiger partial charge in [0.1, 0.15) is 4.99 Å². The summed E-state index contributed by atoms with van der Waals surface area (Å²) in [5.41, 5.74) is 6.50. The van der Waals surface area contributed by atoms with Gasteiger partial charge in [0.05, 0.1) is 11.4 Å². The van der Waals surface area contributed by atoms with E-state index >= 15 is 0 Å². The molecule has 20 heavy (non-hydrogen) atoms. The molecule has 1 rings (SSSR count). The van der Waals surface area contributed by atoms with Gasteiger partial charge in [-0.2, -0.15) is 0 Å². The highest BCUT2D eigenvalue weighted by Crippen LogP contribution is 2.24. The number of hydrogen-bond donors (Lipinski definition) is 2. The SMILES string of the molecule is CC(C)(C)CCS(=O)(=O)Nc1ccc(Br)cc1C(N)=S. The van der Waals surface area contributed by atoms with Gasteiger partial charge in [-0.25, -0.2) is 8.42 Å².